The summed E-state index contributed by atoms with van der Waals surface area (Å²) < 4.78 is 11.5. The standard InChI is InChI=1S/C20H18BrClO3/c1-20(2,3)25-19(23)14-7-5-4-6-13(14)18-17(22)15-10-12(11-21)8-9-16(15)24-18/h4-10H,11H2,1-3H3. The SMILES string of the molecule is CC(C)(C)OC(=O)c1ccccc1-c1oc2ccc(CBr)cc2c1Cl. The molecular formula is C20H18BrClO3. The molecule has 3 aromatic rings. The van der Waals surface area contributed by atoms with Crippen LogP contribution in [0.1, 0.15) is 36.7 Å². The van der Waals surface area contributed by atoms with Crippen molar-refractivity contribution < 1.29 is 13.9 Å². The second kappa shape index (κ2) is 6.85. The van der Waals surface area contributed by atoms with Crippen LogP contribution in [0, 0.1) is 0 Å². The summed E-state index contributed by atoms with van der Waals surface area (Å²) >= 11 is 10.0. The molecule has 130 valence electrons. The molecule has 0 atom stereocenters. The van der Waals surface area contributed by atoms with Crippen LogP contribution in [-0.2, 0) is 10.1 Å². The van der Waals surface area contributed by atoms with Gasteiger partial charge in [0, 0.05) is 16.3 Å². The minimum absolute atomic E-state index is 0.402. The van der Waals surface area contributed by atoms with Crippen LogP contribution in [0.3, 0.4) is 0 Å². The molecule has 0 fully saturated rings. The first kappa shape index (κ1) is 18.0. The minimum atomic E-state index is -0.577. The quantitative estimate of drug-likeness (QED) is 0.353. The average Bonchev–Trinajstić information content (AvgIpc) is 2.89. The van der Waals surface area contributed by atoms with Gasteiger partial charge in [-0.1, -0.05) is 51.8 Å². The van der Waals surface area contributed by atoms with Gasteiger partial charge in [-0.2, -0.15) is 0 Å². The topological polar surface area (TPSA) is 39.4 Å². The number of esters is 1. The van der Waals surface area contributed by atoms with Gasteiger partial charge in [-0.05, 0) is 44.5 Å². The Bertz CT molecular complexity index is 938. The molecule has 0 radical (unpaired) electrons. The number of carbonyl (C=O) groups is 1. The zero-order valence-corrected chi connectivity index (χ0v) is 16.6. The molecule has 0 saturated carbocycles. The molecular weight excluding hydrogens is 404 g/mol. The van der Waals surface area contributed by atoms with Crippen molar-refractivity contribution in [3.63, 3.8) is 0 Å². The predicted molar refractivity (Wildman–Crippen MR) is 104 cm³/mol. The van der Waals surface area contributed by atoms with Crippen molar-refractivity contribution in [1.29, 1.82) is 0 Å². The summed E-state index contributed by atoms with van der Waals surface area (Å²) in [4.78, 5) is 12.6. The number of hydrogen-bond acceptors (Lipinski definition) is 3. The Labute approximate surface area is 160 Å². The molecule has 0 amide bonds. The van der Waals surface area contributed by atoms with Crippen LogP contribution >= 0.6 is 27.5 Å². The summed E-state index contributed by atoms with van der Waals surface area (Å²) in [7, 11) is 0. The number of rotatable bonds is 3. The van der Waals surface area contributed by atoms with E-state index in [4.69, 9.17) is 20.8 Å². The van der Waals surface area contributed by atoms with E-state index in [1.54, 1.807) is 12.1 Å². The molecule has 0 aliphatic rings. The van der Waals surface area contributed by atoms with E-state index >= 15 is 0 Å². The number of alkyl halides is 1. The Hall–Kier alpha value is -1.78. The van der Waals surface area contributed by atoms with Crippen LogP contribution < -0.4 is 0 Å². The Balaban J connectivity index is 2.13. The highest BCUT2D eigenvalue weighted by Gasteiger charge is 2.24. The fourth-order valence-corrected chi connectivity index (χ4v) is 3.20. The Morgan fingerprint density at radius 2 is 1.92 bits per heavy atom. The molecule has 1 aromatic heterocycles. The maximum atomic E-state index is 12.6. The maximum absolute atomic E-state index is 12.6. The first-order chi connectivity index (χ1) is 11.8. The van der Waals surface area contributed by atoms with E-state index in [0.29, 0.717) is 27.5 Å². The lowest BCUT2D eigenvalue weighted by Gasteiger charge is -2.20. The van der Waals surface area contributed by atoms with E-state index in [-0.39, 0.29) is 0 Å². The highest BCUT2D eigenvalue weighted by molar-refractivity contribution is 9.08. The summed E-state index contributed by atoms with van der Waals surface area (Å²) in [5, 5.41) is 2.05. The second-order valence-corrected chi connectivity index (χ2v) is 7.70. The van der Waals surface area contributed by atoms with Gasteiger partial charge in [0.15, 0.2) is 5.76 Å². The summed E-state index contributed by atoms with van der Waals surface area (Å²) in [6, 6.07) is 13.0. The van der Waals surface area contributed by atoms with Gasteiger partial charge in [0.2, 0.25) is 0 Å². The average molecular weight is 422 g/mol. The zero-order chi connectivity index (χ0) is 18.2. The summed E-state index contributed by atoms with van der Waals surface area (Å²) in [6.45, 7) is 5.51. The largest absolute Gasteiger partial charge is 0.456 e. The second-order valence-electron chi connectivity index (χ2n) is 6.76. The monoisotopic (exact) mass is 420 g/mol. The van der Waals surface area contributed by atoms with Crippen molar-refractivity contribution in [3.05, 3.63) is 58.6 Å². The van der Waals surface area contributed by atoms with Crippen molar-refractivity contribution in [2.24, 2.45) is 0 Å². The molecule has 0 spiro atoms. The number of hydrogen-bond donors (Lipinski definition) is 0. The van der Waals surface area contributed by atoms with E-state index in [9.17, 15) is 4.79 Å². The first-order valence-electron chi connectivity index (χ1n) is 7.90. The van der Waals surface area contributed by atoms with Crippen LogP contribution in [-0.4, -0.2) is 11.6 Å². The van der Waals surface area contributed by atoms with Crippen LogP contribution in [0.5, 0.6) is 0 Å². The third kappa shape index (κ3) is 3.75. The van der Waals surface area contributed by atoms with Gasteiger partial charge in [0.05, 0.1) is 10.6 Å². The number of furan rings is 1. The number of carbonyl (C=O) groups excluding carboxylic acids is 1. The zero-order valence-electron chi connectivity index (χ0n) is 14.2. The van der Waals surface area contributed by atoms with Gasteiger partial charge >= 0.3 is 5.97 Å². The highest BCUT2D eigenvalue weighted by Crippen LogP contribution is 2.39. The maximum Gasteiger partial charge on any atom is 0.339 e. The van der Waals surface area contributed by atoms with Gasteiger partial charge < -0.3 is 9.15 Å². The lowest BCUT2D eigenvalue weighted by molar-refractivity contribution is 0.00702. The summed E-state index contributed by atoms with van der Waals surface area (Å²) in [6.07, 6.45) is 0. The number of halogens is 2. The van der Waals surface area contributed by atoms with E-state index < -0.39 is 11.6 Å². The van der Waals surface area contributed by atoms with Crippen LogP contribution in [0.4, 0.5) is 0 Å². The van der Waals surface area contributed by atoms with Gasteiger partial charge in [0.1, 0.15) is 11.2 Å². The first-order valence-corrected chi connectivity index (χ1v) is 9.40. The van der Waals surface area contributed by atoms with Gasteiger partial charge in [-0.15, -0.1) is 0 Å². The van der Waals surface area contributed by atoms with Gasteiger partial charge in [0.25, 0.3) is 0 Å². The molecule has 1 heterocycles. The highest BCUT2D eigenvalue weighted by atomic mass is 79.9. The number of fused-ring (bicyclic) bond motifs is 1. The van der Waals surface area contributed by atoms with E-state index in [1.807, 2.05) is 51.1 Å². The van der Waals surface area contributed by atoms with E-state index in [0.717, 1.165) is 16.3 Å². The molecule has 0 N–H and O–H groups in total. The molecule has 0 aliphatic carbocycles. The fourth-order valence-electron chi connectivity index (χ4n) is 2.56. The Morgan fingerprint density at radius 1 is 1.20 bits per heavy atom. The van der Waals surface area contributed by atoms with Crippen LogP contribution in [0.2, 0.25) is 5.02 Å². The Morgan fingerprint density at radius 3 is 2.60 bits per heavy atom. The van der Waals surface area contributed by atoms with Crippen molar-refractivity contribution in [3.8, 4) is 11.3 Å². The molecule has 25 heavy (non-hydrogen) atoms. The van der Waals surface area contributed by atoms with Gasteiger partial charge in [-0.3, -0.25) is 0 Å². The molecule has 3 nitrogen and oxygen atoms in total. The fraction of sp³-hybridized carbons (Fsp3) is 0.250. The molecule has 0 aliphatic heterocycles. The third-order valence-electron chi connectivity index (χ3n) is 3.64. The van der Waals surface area contributed by atoms with E-state index in [1.165, 1.54) is 0 Å². The number of benzene rings is 2. The Kier molecular flexibility index (Phi) is 4.94. The van der Waals surface area contributed by atoms with Crippen LogP contribution in [0.25, 0.3) is 22.3 Å². The molecule has 5 heteroatoms. The summed E-state index contributed by atoms with van der Waals surface area (Å²) in [5.74, 6) is 0.0746. The third-order valence-corrected chi connectivity index (χ3v) is 4.66. The molecule has 0 bridgehead atoms. The van der Waals surface area contributed by atoms with Crippen molar-refractivity contribution in [2.45, 2.75) is 31.7 Å². The minimum Gasteiger partial charge on any atom is -0.456 e. The normalized spacial score (nSPS) is 11.7. The number of ether oxygens (including phenoxy) is 1. The molecule has 2 aromatic carbocycles. The van der Waals surface area contributed by atoms with Crippen molar-refractivity contribution in [1.82, 2.24) is 0 Å². The van der Waals surface area contributed by atoms with Crippen molar-refractivity contribution in [2.75, 3.05) is 0 Å². The lowest BCUT2D eigenvalue weighted by atomic mass is 10.0. The van der Waals surface area contributed by atoms with Crippen LogP contribution in [0.15, 0.2) is 46.9 Å². The van der Waals surface area contributed by atoms with Crippen molar-refractivity contribution >= 4 is 44.5 Å². The molecule has 0 saturated heterocycles. The van der Waals surface area contributed by atoms with E-state index in [2.05, 4.69) is 15.9 Å². The lowest BCUT2D eigenvalue weighted by Crippen LogP contribution is -2.24. The predicted octanol–water partition coefficient (Wildman–Crippen LogP) is 6.60. The smallest absolute Gasteiger partial charge is 0.339 e. The van der Waals surface area contributed by atoms with Gasteiger partial charge in [-0.25, -0.2) is 4.79 Å². The molecule has 3 rings (SSSR count). The summed E-state index contributed by atoms with van der Waals surface area (Å²) in [5.41, 5.74) is 2.26. The molecule has 0 unspecified atom stereocenters.